The Balaban J connectivity index is 1.85. The van der Waals surface area contributed by atoms with Gasteiger partial charge >= 0.3 is 5.97 Å². The molecular weight excluding hydrogens is 342 g/mol. The molecule has 0 saturated heterocycles. The fourth-order valence-corrected chi connectivity index (χ4v) is 2.97. The second kappa shape index (κ2) is 9.21. The fraction of sp³-hybridized carbons (Fsp3) is 0.364. The molecule has 27 heavy (non-hydrogen) atoms. The second-order valence-electron chi connectivity index (χ2n) is 6.96. The molecule has 0 aliphatic rings. The van der Waals surface area contributed by atoms with E-state index in [1.54, 1.807) is 0 Å². The number of hydrogen-bond donors (Lipinski definition) is 1. The van der Waals surface area contributed by atoms with Crippen molar-refractivity contribution >= 4 is 17.6 Å². The Morgan fingerprint density at radius 2 is 1.63 bits per heavy atom. The highest BCUT2D eigenvalue weighted by atomic mass is 16.6. The summed E-state index contributed by atoms with van der Waals surface area (Å²) < 4.78 is 10.6. The SMILES string of the molecule is Cc1cc(C)c(NC(=O)COC(=O)COc2ccccc2C(C)C)c(C)c1. The first kappa shape index (κ1) is 20.5. The standard InChI is InChI=1S/C22H27NO4/c1-14(2)18-8-6-7-9-19(18)26-13-21(25)27-12-20(24)23-22-16(4)10-15(3)11-17(22)5/h6-11,14H,12-13H2,1-5H3,(H,23,24). The molecule has 0 bridgehead atoms. The fourth-order valence-electron chi connectivity index (χ4n) is 2.97. The van der Waals surface area contributed by atoms with Crippen molar-refractivity contribution in [2.75, 3.05) is 18.5 Å². The molecule has 0 saturated carbocycles. The third-order valence-electron chi connectivity index (χ3n) is 4.19. The summed E-state index contributed by atoms with van der Waals surface area (Å²) >= 11 is 0. The van der Waals surface area contributed by atoms with Gasteiger partial charge in [-0.3, -0.25) is 4.79 Å². The average molecular weight is 369 g/mol. The molecule has 1 amide bonds. The molecule has 0 aliphatic heterocycles. The van der Waals surface area contributed by atoms with Crippen LogP contribution in [-0.2, 0) is 14.3 Å². The van der Waals surface area contributed by atoms with E-state index in [2.05, 4.69) is 19.2 Å². The zero-order valence-electron chi connectivity index (χ0n) is 16.6. The molecule has 2 aromatic rings. The van der Waals surface area contributed by atoms with Crippen LogP contribution >= 0.6 is 0 Å². The number of ether oxygens (including phenoxy) is 2. The minimum Gasteiger partial charge on any atom is -0.482 e. The van der Waals surface area contributed by atoms with Gasteiger partial charge < -0.3 is 14.8 Å². The van der Waals surface area contributed by atoms with Gasteiger partial charge in [0.2, 0.25) is 0 Å². The van der Waals surface area contributed by atoms with Gasteiger partial charge in [-0.2, -0.15) is 0 Å². The number of aryl methyl sites for hydroxylation is 3. The summed E-state index contributed by atoms with van der Waals surface area (Å²) in [6.07, 6.45) is 0. The lowest BCUT2D eigenvalue weighted by Gasteiger charge is -2.14. The van der Waals surface area contributed by atoms with E-state index in [4.69, 9.17) is 9.47 Å². The molecule has 0 aromatic heterocycles. The zero-order chi connectivity index (χ0) is 20.0. The minimum absolute atomic E-state index is 0.237. The molecule has 0 aliphatic carbocycles. The number of nitrogens with one attached hydrogen (secondary N) is 1. The summed E-state index contributed by atoms with van der Waals surface area (Å²) in [4.78, 5) is 24.0. The van der Waals surface area contributed by atoms with E-state index in [0.717, 1.165) is 27.9 Å². The van der Waals surface area contributed by atoms with E-state index < -0.39 is 5.97 Å². The number of anilines is 1. The number of benzene rings is 2. The lowest BCUT2D eigenvalue weighted by Crippen LogP contribution is -2.24. The van der Waals surface area contributed by atoms with Crippen molar-refractivity contribution in [2.45, 2.75) is 40.5 Å². The van der Waals surface area contributed by atoms with E-state index in [0.29, 0.717) is 5.75 Å². The molecule has 2 rings (SSSR count). The van der Waals surface area contributed by atoms with Crippen molar-refractivity contribution in [3.8, 4) is 5.75 Å². The summed E-state index contributed by atoms with van der Waals surface area (Å²) in [6, 6.07) is 11.6. The van der Waals surface area contributed by atoms with Gasteiger partial charge in [0.15, 0.2) is 13.2 Å². The number of amides is 1. The third kappa shape index (κ3) is 5.84. The van der Waals surface area contributed by atoms with E-state index in [1.165, 1.54) is 0 Å². The average Bonchev–Trinajstić information content (AvgIpc) is 2.61. The summed E-state index contributed by atoms with van der Waals surface area (Å²) in [5, 5.41) is 2.80. The molecule has 0 fully saturated rings. The molecule has 5 nitrogen and oxygen atoms in total. The van der Waals surface area contributed by atoms with Gasteiger partial charge in [-0.05, 0) is 49.4 Å². The van der Waals surface area contributed by atoms with Crippen LogP contribution in [0, 0.1) is 20.8 Å². The Labute approximate surface area is 160 Å². The predicted molar refractivity (Wildman–Crippen MR) is 106 cm³/mol. The maximum absolute atomic E-state index is 12.1. The van der Waals surface area contributed by atoms with Gasteiger partial charge in [-0.15, -0.1) is 0 Å². The first-order chi connectivity index (χ1) is 12.8. The summed E-state index contributed by atoms with van der Waals surface area (Å²) in [6.45, 7) is 9.40. The number of carbonyl (C=O) groups excluding carboxylic acids is 2. The van der Waals surface area contributed by atoms with E-state index >= 15 is 0 Å². The first-order valence-electron chi connectivity index (χ1n) is 9.03. The highest BCUT2D eigenvalue weighted by Crippen LogP contribution is 2.25. The smallest absolute Gasteiger partial charge is 0.344 e. The molecule has 0 unspecified atom stereocenters. The lowest BCUT2D eigenvalue weighted by atomic mass is 10.0. The van der Waals surface area contributed by atoms with Crippen molar-refractivity contribution in [1.82, 2.24) is 0 Å². The quantitative estimate of drug-likeness (QED) is 0.739. The van der Waals surface area contributed by atoms with Gasteiger partial charge in [0.25, 0.3) is 5.91 Å². The van der Waals surface area contributed by atoms with Gasteiger partial charge in [0.05, 0.1) is 0 Å². The van der Waals surface area contributed by atoms with Crippen LogP contribution < -0.4 is 10.1 Å². The van der Waals surface area contributed by atoms with Crippen LogP contribution in [0.5, 0.6) is 5.75 Å². The van der Waals surface area contributed by atoms with Crippen molar-refractivity contribution in [2.24, 2.45) is 0 Å². The summed E-state index contributed by atoms with van der Waals surface area (Å²) in [7, 11) is 0. The monoisotopic (exact) mass is 369 g/mol. The summed E-state index contributed by atoms with van der Waals surface area (Å²) in [5.41, 5.74) is 4.85. The highest BCUT2D eigenvalue weighted by Gasteiger charge is 2.13. The van der Waals surface area contributed by atoms with Crippen LogP contribution in [0.4, 0.5) is 5.69 Å². The number of esters is 1. The van der Waals surface area contributed by atoms with Crippen LogP contribution in [0.2, 0.25) is 0 Å². The molecule has 0 radical (unpaired) electrons. The number of rotatable bonds is 7. The van der Waals surface area contributed by atoms with Crippen molar-refractivity contribution < 1.29 is 19.1 Å². The third-order valence-corrected chi connectivity index (χ3v) is 4.19. The summed E-state index contributed by atoms with van der Waals surface area (Å²) in [5.74, 6) is -0.0224. The molecule has 0 atom stereocenters. The van der Waals surface area contributed by atoms with E-state index in [-0.39, 0.29) is 25.0 Å². The number of hydrogen-bond acceptors (Lipinski definition) is 4. The minimum atomic E-state index is -0.582. The Bertz CT molecular complexity index is 804. The molecule has 0 heterocycles. The first-order valence-corrected chi connectivity index (χ1v) is 9.03. The second-order valence-corrected chi connectivity index (χ2v) is 6.96. The van der Waals surface area contributed by atoms with Crippen LogP contribution in [0.25, 0.3) is 0 Å². The maximum atomic E-state index is 12.1. The normalized spacial score (nSPS) is 10.6. The topological polar surface area (TPSA) is 64.6 Å². The molecular formula is C22H27NO4. The van der Waals surface area contributed by atoms with Crippen LogP contribution in [0.15, 0.2) is 36.4 Å². The van der Waals surface area contributed by atoms with Gasteiger partial charge in [0.1, 0.15) is 5.75 Å². The Kier molecular flexibility index (Phi) is 6.99. The maximum Gasteiger partial charge on any atom is 0.344 e. The molecule has 1 N–H and O–H groups in total. The molecule has 2 aromatic carbocycles. The van der Waals surface area contributed by atoms with Crippen molar-refractivity contribution in [3.63, 3.8) is 0 Å². The number of para-hydroxylation sites is 1. The molecule has 144 valence electrons. The Morgan fingerprint density at radius 1 is 1.00 bits per heavy atom. The Hall–Kier alpha value is -2.82. The van der Waals surface area contributed by atoms with Gasteiger partial charge in [0, 0.05) is 5.69 Å². The van der Waals surface area contributed by atoms with Gasteiger partial charge in [-0.1, -0.05) is 49.7 Å². The van der Waals surface area contributed by atoms with Gasteiger partial charge in [-0.25, -0.2) is 4.79 Å². The largest absolute Gasteiger partial charge is 0.482 e. The highest BCUT2D eigenvalue weighted by molar-refractivity contribution is 5.94. The lowest BCUT2D eigenvalue weighted by molar-refractivity contribution is -0.149. The Morgan fingerprint density at radius 3 is 2.26 bits per heavy atom. The van der Waals surface area contributed by atoms with Crippen LogP contribution in [0.3, 0.4) is 0 Å². The molecule has 5 heteroatoms. The van der Waals surface area contributed by atoms with Crippen LogP contribution in [0.1, 0.15) is 42.0 Å². The van der Waals surface area contributed by atoms with E-state index in [1.807, 2.05) is 57.2 Å². The van der Waals surface area contributed by atoms with Crippen LogP contribution in [-0.4, -0.2) is 25.1 Å². The van der Waals surface area contributed by atoms with Crippen molar-refractivity contribution in [3.05, 3.63) is 58.7 Å². The van der Waals surface area contributed by atoms with Crippen molar-refractivity contribution in [1.29, 1.82) is 0 Å². The van der Waals surface area contributed by atoms with E-state index in [9.17, 15) is 9.59 Å². The predicted octanol–water partition coefficient (Wildman–Crippen LogP) is 4.30. The zero-order valence-corrected chi connectivity index (χ0v) is 16.6. The molecule has 0 spiro atoms. The number of carbonyl (C=O) groups is 2.